The van der Waals surface area contributed by atoms with Crippen LogP contribution in [0.5, 0.6) is 0 Å². The van der Waals surface area contributed by atoms with Crippen molar-refractivity contribution >= 4 is 35.4 Å². The molecule has 164 valence electrons. The van der Waals surface area contributed by atoms with Crippen LogP contribution in [0.1, 0.15) is 17.2 Å². The van der Waals surface area contributed by atoms with E-state index in [0.29, 0.717) is 11.0 Å². The minimum absolute atomic E-state index is 0.00535. The number of ether oxygens (including phenoxy) is 1. The molecule has 4 aromatic rings. The third-order valence-corrected chi connectivity index (χ3v) is 6.04. The van der Waals surface area contributed by atoms with Crippen molar-refractivity contribution in [2.75, 3.05) is 6.16 Å². The Morgan fingerprint density at radius 2 is 1.62 bits per heavy atom. The molecule has 0 fully saturated rings. The molecule has 0 saturated heterocycles. The summed E-state index contributed by atoms with van der Waals surface area (Å²) >= 11 is 0. The third-order valence-electron chi connectivity index (χ3n) is 5.17. The maximum Gasteiger partial charge on any atom is 0.326 e. The van der Waals surface area contributed by atoms with E-state index in [4.69, 9.17) is 10.5 Å². The zero-order chi connectivity index (χ0) is 22.7. The molecule has 32 heavy (non-hydrogen) atoms. The number of carbonyl (C=O) groups is 1. The lowest BCUT2D eigenvalue weighted by Gasteiger charge is -2.22. The van der Waals surface area contributed by atoms with Crippen molar-refractivity contribution in [1.82, 2.24) is 9.97 Å². The molecule has 3 aromatic carbocycles. The van der Waals surface area contributed by atoms with Gasteiger partial charge in [0.05, 0.1) is 22.9 Å². The minimum Gasteiger partial charge on any atom is -0.460 e. The summed E-state index contributed by atoms with van der Waals surface area (Å²) in [6.07, 6.45) is 0.754. The van der Waals surface area contributed by atoms with Crippen molar-refractivity contribution in [3.8, 4) is 0 Å². The Morgan fingerprint density at radius 1 is 1.00 bits per heavy atom. The number of esters is 1. The van der Waals surface area contributed by atoms with Gasteiger partial charge in [0.15, 0.2) is 0 Å². The highest BCUT2D eigenvalue weighted by Crippen LogP contribution is 2.41. The van der Waals surface area contributed by atoms with Crippen LogP contribution in [0.25, 0.3) is 21.8 Å². The number of benzene rings is 3. The fraction of sp³-hybridized carbons (Fsp3) is 0.174. The summed E-state index contributed by atoms with van der Waals surface area (Å²) in [5, 5.41) is 1.94. The maximum atomic E-state index is 12.6. The monoisotopic (exact) mass is 451 g/mol. The second-order valence-corrected chi connectivity index (χ2v) is 9.25. The van der Waals surface area contributed by atoms with E-state index in [-0.39, 0.29) is 12.3 Å². The van der Waals surface area contributed by atoms with Crippen LogP contribution in [-0.4, -0.2) is 37.9 Å². The number of aromatic nitrogens is 2. The third kappa shape index (κ3) is 5.18. The Morgan fingerprint density at radius 3 is 2.28 bits per heavy atom. The molecule has 1 heterocycles. The van der Waals surface area contributed by atoms with Gasteiger partial charge in [0.2, 0.25) is 0 Å². The predicted molar refractivity (Wildman–Crippen MR) is 121 cm³/mol. The highest BCUT2D eigenvalue weighted by Gasteiger charge is 2.34. The number of fused-ring (bicyclic) bond motifs is 2. The molecule has 0 aliphatic rings. The average Bonchev–Trinajstić information content (AvgIpc) is 2.79. The quantitative estimate of drug-likeness (QED) is 0.222. The molecule has 0 aliphatic carbocycles. The van der Waals surface area contributed by atoms with E-state index in [1.807, 2.05) is 54.6 Å². The van der Waals surface area contributed by atoms with Crippen LogP contribution < -0.4 is 5.73 Å². The molecule has 0 aliphatic heterocycles. The Hall–Kier alpha value is -3.16. The molecule has 8 nitrogen and oxygen atoms in total. The summed E-state index contributed by atoms with van der Waals surface area (Å²) in [5.74, 6) is -1.84. The van der Waals surface area contributed by atoms with Crippen molar-refractivity contribution in [2.45, 2.75) is 18.6 Å². The van der Waals surface area contributed by atoms with E-state index in [0.717, 1.165) is 16.3 Å². The second-order valence-electron chi connectivity index (χ2n) is 7.56. The highest BCUT2D eigenvalue weighted by molar-refractivity contribution is 7.51. The summed E-state index contributed by atoms with van der Waals surface area (Å²) in [4.78, 5) is 40.7. The van der Waals surface area contributed by atoms with Gasteiger partial charge in [-0.3, -0.25) is 14.3 Å². The summed E-state index contributed by atoms with van der Waals surface area (Å²) < 4.78 is 17.1. The first-order chi connectivity index (χ1) is 15.3. The Kier molecular flexibility index (Phi) is 6.30. The average molecular weight is 451 g/mol. The summed E-state index contributed by atoms with van der Waals surface area (Å²) in [7, 11) is -4.51. The number of rotatable bonds is 7. The van der Waals surface area contributed by atoms with Crippen LogP contribution in [0.2, 0.25) is 0 Å². The Labute approximate surface area is 184 Å². The number of nitrogens with zero attached hydrogens (tertiary/aromatic N) is 2. The standard InChI is InChI=1S/C23H22N3O5P/c24-22(23(27)31-13-15-6-2-1-3-7-15)18(14-32(28,29)30)21-12-25-19-10-16-8-4-5-9-17(16)11-20(19)26-21/h1-12,18,22H,13-14,24H2,(H2,28,29,30). The van der Waals surface area contributed by atoms with E-state index in [1.54, 1.807) is 12.1 Å². The molecular weight excluding hydrogens is 429 g/mol. The lowest BCUT2D eigenvalue weighted by Crippen LogP contribution is -2.40. The van der Waals surface area contributed by atoms with Gasteiger partial charge in [-0.1, -0.05) is 54.6 Å². The van der Waals surface area contributed by atoms with Crippen molar-refractivity contribution in [3.05, 3.63) is 84.2 Å². The van der Waals surface area contributed by atoms with Crippen LogP contribution in [-0.2, 0) is 20.7 Å². The minimum atomic E-state index is -4.51. The van der Waals surface area contributed by atoms with Crippen molar-refractivity contribution in [2.24, 2.45) is 5.73 Å². The molecule has 2 unspecified atom stereocenters. The smallest absolute Gasteiger partial charge is 0.326 e. The summed E-state index contributed by atoms with van der Waals surface area (Å²) in [5.41, 5.74) is 8.28. The summed E-state index contributed by atoms with van der Waals surface area (Å²) in [6.45, 7) is 0.00535. The Balaban J connectivity index is 1.64. The van der Waals surface area contributed by atoms with E-state index in [1.165, 1.54) is 6.20 Å². The van der Waals surface area contributed by atoms with E-state index < -0.39 is 31.7 Å². The summed E-state index contributed by atoms with van der Waals surface area (Å²) in [6, 6.07) is 19.2. The van der Waals surface area contributed by atoms with E-state index in [2.05, 4.69) is 9.97 Å². The van der Waals surface area contributed by atoms with Gasteiger partial charge in [-0.25, -0.2) is 4.98 Å². The fourth-order valence-electron chi connectivity index (χ4n) is 3.53. The SMILES string of the molecule is NC(C(=O)OCc1ccccc1)C(CP(=O)(O)O)c1cnc2cc3ccccc3cc2n1. The number of nitrogens with two attached hydrogens (primary N) is 1. The first kappa shape index (κ1) is 22.0. The largest absolute Gasteiger partial charge is 0.460 e. The molecule has 9 heteroatoms. The molecule has 0 bridgehead atoms. The van der Waals surface area contributed by atoms with E-state index in [9.17, 15) is 19.1 Å². The molecular formula is C23H22N3O5P. The molecule has 2 atom stereocenters. The molecule has 1 aromatic heterocycles. The molecule has 4 rings (SSSR count). The topological polar surface area (TPSA) is 136 Å². The normalized spacial score (nSPS) is 13.7. The van der Waals surface area contributed by atoms with Crippen molar-refractivity contribution in [1.29, 1.82) is 0 Å². The lowest BCUT2D eigenvalue weighted by molar-refractivity contribution is -0.147. The van der Waals surface area contributed by atoms with Gasteiger partial charge in [-0.05, 0) is 28.5 Å². The van der Waals surface area contributed by atoms with Crippen LogP contribution >= 0.6 is 7.60 Å². The van der Waals surface area contributed by atoms with Gasteiger partial charge in [-0.15, -0.1) is 0 Å². The molecule has 0 amide bonds. The first-order valence-electron chi connectivity index (χ1n) is 9.96. The van der Waals surface area contributed by atoms with Crippen LogP contribution in [0.3, 0.4) is 0 Å². The number of hydrogen-bond acceptors (Lipinski definition) is 6. The van der Waals surface area contributed by atoms with Crippen molar-refractivity contribution < 1.29 is 23.9 Å². The highest BCUT2D eigenvalue weighted by atomic mass is 31.2. The maximum absolute atomic E-state index is 12.6. The molecule has 4 N–H and O–H groups in total. The zero-order valence-electron chi connectivity index (χ0n) is 17.0. The Bertz CT molecular complexity index is 1310. The second kappa shape index (κ2) is 9.14. The molecule has 0 radical (unpaired) electrons. The van der Waals surface area contributed by atoms with Crippen LogP contribution in [0.15, 0.2) is 72.9 Å². The van der Waals surface area contributed by atoms with Crippen LogP contribution in [0.4, 0.5) is 0 Å². The number of carbonyl (C=O) groups excluding carboxylic acids is 1. The van der Waals surface area contributed by atoms with Gasteiger partial charge < -0.3 is 20.3 Å². The molecule has 0 saturated carbocycles. The van der Waals surface area contributed by atoms with Crippen molar-refractivity contribution in [3.63, 3.8) is 0 Å². The van der Waals surface area contributed by atoms with Gasteiger partial charge in [0, 0.05) is 12.1 Å². The molecule has 0 spiro atoms. The van der Waals surface area contributed by atoms with Gasteiger partial charge >= 0.3 is 13.6 Å². The van der Waals surface area contributed by atoms with Gasteiger partial charge in [0.25, 0.3) is 0 Å². The van der Waals surface area contributed by atoms with Gasteiger partial charge in [-0.2, -0.15) is 0 Å². The lowest BCUT2D eigenvalue weighted by atomic mass is 9.98. The van der Waals surface area contributed by atoms with Gasteiger partial charge in [0.1, 0.15) is 12.6 Å². The zero-order valence-corrected chi connectivity index (χ0v) is 17.9. The predicted octanol–water partition coefficient (Wildman–Crippen LogP) is 3.12. The first-order valence-corrected chi connectivity index (χ1v) is 11.8. The van der Waals surface area contributed by atoms with E-state index >= 15 is 0 Å². The van der Waals surface area contributed by atoms with Crippen LogP contribution in [0, 0.1) is 0 Å². The number of hydrogen-bond donors (Lipinski definition) is 3. The fourth-order valence-corrected chi connectivity index (χ4v) is 4.45.